The summed E-state index contributed by atoms with van der Waals surface area (Å²) in [6.45, 7) is 1.09. The summed E-state index contributed by atoms with van der Waals surface area (Å²) in [5.74, 6) is -0.454. The molecule has 2 N–H and O–H groups in total. The van der Waals surface area contributed by atoms with Crippen molar-refractivity contribution in [2.24, 2.45) is 0 Å². The molecule has 0 fully saturated rings. The molecule has 0 saturated carbocycles. The Labute approximate surface area is 122 Å². The molecule has 1 aromatic carbocycles. The van der Waals surface area contributed by atoms with Crippen LogP contribution in [-0.2, 0) is 14.6 Å². The van der Waals surface area contributed by atoms with Gasteiger partial charge in [-0.2, -0.15) is 0 Å². The Bertz CT molecular complexity index is 558. The summed E-state index contributed by atoms with van der Waals surface area (Å²) in [4.78, 5) is 9.85. The highest BCUT2D eigenvalue weighted by molar-refractivity contribution is 7.91. The number of benzene rings is 1. The summed E-state index contributed by atoms with van der Waals surface area (Å²) < 4.78 is 28.9. The number of sulfone groups is 1. The predicted octanol–water partition coefficient (Wildman–Crippen LogP) is -0.0346. The molecule has 9 heteroatoms. The Hall–Kier alpha value is -1.55. The molecule has 118 valence electrons. The minimum atomic E-state index is -3.69. The third-order valence-corrected chi connectivity index (χ3v) is 4.50. The molecule has 8 nitrogen and oxygen atoms in total. The smallest absolute Gasteiger partial charge is 0.269 e. The molecule has 0 amide bonds. The van der Waals surface area contributed by atoms with Crippen LogP contribution in [0, 0.1) is 10.1 Å². The number of rotatable bonds is 9. The van der Waals surface area contributed by atoms with Crippen molar-refractivity contribution in [3.05, 3.63) is 34.4 Å². The van der Waals surface area contributed by atoms with Crippen molar-refractivity contribution in [1.29, 1.82) is 0 Å². The van der Waals surface area contributed by atoms with E-state index in [0.29, 0.717) is 13.2 Å². The van der Waals surface area contributed by atoms with E-state index in [0.717, 1.165) is 12.1 Å². The van der Waals surface area contributed by atoms with Gasteiger partial charge < -0.3 is 15.2 Å². The molecule has 1 atom stereocenters. The highest BCUT2D eigenvalue weighted by atomic mass is 32.2. The number of hydrogen-bond donors (Lipinski definition) is 2. The molecule has 0 bridgehead atoms. The van der Waals surface area contributed by atoms with Crippen molar-refractivity contribution in [3.63, 3.8) is 0 Å². The standard InChI is InChI=1S/C12H18N2O6S/c1-20-7-6-13-8-11(15)9-21(18,19)12-4-2-10(3-5-12)14(16)17/h2-5,11,13,15H,6-9H2,1H3. The highest BCUT2D eigenvalue weighted by Crippen LogP contribution is 2.17. The van der Waals surface area contributed by atoms with E-state index in [9.17, 15) is 23.6 Å². The van der Waals surface area contributed by atoms with Crippen molar-refractivity contribution in [1.82, 2.24) is 5.32 Å². The van der Waals surface area contributed by atoms with Gasteiger partial charge in [0.1, 0.15) is 0 Å². The third kappa shape index (κ3) is 5.76. The van der Waals surface area contributed by atoms with Gasteiger partial charge in [0.15, 0.2) is 9.84 Å². The minimum Gasteiger partial charge on any atom is -0.391 e. The lowest BCUT2D eigenvalue weighted by Gasteiger charge is -2.12. The summed E-state index contributed by atoms with van der Waals surface area (Å²) in [7, 11) is -2.15. The maximum Gasteiger partial charge on any atom is 0.269 e. The number of hydrogen-bond acceptors (Lipinski definition) is 7. The molecule has 0 heterocycles. The summed E-state index contributed by atoms with van der Waals surface area (Å²) >= 11 is 0. The number of nitrogens with one attached hydrogen (secondary N) is 1. The Balaban J connectivity index is 2.62. The Morgan fingerprint density at radius 2 is 2.00 bits per heavy atom. The van der Waals surface area contributed by atoms with Gasteiger partial charge in [-0.1, -0.05) is 0 Å². The van der Waals surface area contributed by atoms with Crippen LogP contribution in [0.5, 0.6) is 0 Å². The van der Waals surface area contributed by atoms with E-state index in [1.165, 1.54) is 19.2 Å². The van der Waals surface area contributed by atoms with E-state index in [1.807, 2.05) is 0 Å². The summed E-state index contributed by atoms with van der Waals surface area (Å²) in [6.07, 6.45) is -1.07. The normalized spacial score (nSPS) is 13.0. The SMILES string of the molecule is COCCNCC(O)CS(=O)(=O)c1ccc([N+](=O)[O-])cc1. The molecule has 1 rings (SSSR count). The maximum absolute atomic E-state index is 12.0. The van der Waals surface area contributed by atoms with Crippen LogP contribution in [0.4, 0.5) is 5.69 Å². The van der Waals surface area contributed by atoms with Crippen LogP contribution in [0.1, 0.15) is 0 Å². The molecule has 1 aromatic rings. The predicted molar refractivity (Wildman–Crippen MR) is 75.9 cm³/mol. The van der Waals surface area contributed by atoms with Gasteiger partial charge in [0.05, 0.1) is 28.3 Å². The molecule has 0 radical (unpaired) electrons. The van der Waals surface area contributed by atoms with Crippen molar-refractivity contribution in [2.75, 3.05) is 32.6 Å². The van der Waals surface area contributed by atoms with Gasteiger partial charge >= 0.3 is 0 Å². The van der Waals surface area contributed by atoms with E-state index >= 15 is 0 Å². The topological polar surface area (TPSA) is 119 Å². The van der Waals surface area contributed by atoms with Gasteiger partial charge in [-0.25, -0.2) is 8.42 Å². The molecule has 0 aliphatic rings. The largest absolute Gasteiger partial charge is 0.391 e. The zero-order chi connectivity index (χ0) is 15.9. The van der Waals surface area contributed by atoms with E-state index < -0.39 is 26.6 Å². The van der Waals surface area contributed by atoms with E-state index in [-0.39, 0.29) is 17.1 Å². The molecule has 0 saturated heterocycles. The van der Waals surface area contributed by atoms with Crippen LogP contribution >= 0.6 is 0 Å². The Morgan fingerprint density at radius 3 is 2.52 bits per heavy atom. The minimum absolute atomic E-state index is 0.0518. The zero-order valence-electron chi connectivity index (χ0n) is 11.6. The van der Waals surface area contributed by atoms with Gasteiger partial charge in [-0.15, -0.1) is 0 Å². The Morgan fingerprint density at radius 1 is 1.38 bits per heavy atom. The van der Waals surface area contributed by atoms with E-state index in [4.69, 9.17) is 4.74 Å². The first-order chi connectivity index (χ1) is 9.86. The van der Waals surface area contributed by atoms with Crippen molar-refractivity contribution < 1.29 is 23.2 Å². The zero-order valence-corrected chi connectivity index (χ0v) is 12.4. The third-order valence-electron chi connectivity index (χ3n) is 2.68. The van der Waals surface area contributed by atoms with Gasteiger partial charge in [0, 0.05) is 32.3 Å². The second kappa shape index (κ2) is 8.03. The fourth-order valence-electron chi connectivity index (χ4n) is 1.63. The van der Waals surface area contributed by atoms with Crippen molar-refractivity contribution in [3.8, 4) is 0 Å². The van der Waals surface area contributed by atoms with Crippen LogP contribution in [0.3, 0.4) is 0 Å². The molecule has 0 aliphatic heterocycles. The quantitative estimate of drug-likeness (QED) is 0.372. The average Bonchev–Trinajstić information content (AvgIpc) is 2.43. The van der Waals surface area contributed by atoms with Crippen LogP contribution in [0.2, 0.25) is 0 Å². The first kappa shape index (κ1) is 17.5. The lowest BCUT2D eigenvalue weighted by atomic mass is 10.3. The first-order valence-corrected chi connectivity index (χ1v) is 7.87. The van der Waals surface area contributed by atoms with Gasteiger partial charge in [0.2, 0.25) is 0 Å². The number of methoxy groups -OCH3 is 1. The van der Waals surface area contributed by atoms with Crippen LogP contribution < -0.4 is 5.32 Å². The van der Waals surface area contributed by atoms with E-state index in [2.05, 4.69) is 5.32 Å². The van der Waals surface area contributed by atoms with Crippen molar-refractivity contribution >= 4 is 15.5 Å². The van der Waals surface area contributed by atoms with Crippen LogP contribution in [0.25, 0.3) is 0 Å². The number of nitro groups is 1. The average molecular weight is 318 g/mol. The molecule has 0 aliphatic carbocycles. The number of aliphatic hydroxyl groups is 1. The number of nitro benzene ring substituents is 1. The van der Waals surface area contributed by atoms with Crippen LogP contribution in [0.15, 0.2) is 29.2 Å². The highest BCUT2D eigenvalue weighted by Gasteiger charge is 2.20. The lowest BCUT2D eigenvalue weighted by Crippen LogP contribution is -2.34. The summed E-state index contributed by atoms with van der Waals surface area (Å²) in [5, 5.41) is 23.1. The number of ether oxygens (including phenoxy) is 1. The van der Waals surface area contributed by atoms with Crippen molar-refractivity contribution in [2.45, 2.75) is 11.0 Å². The monoisotopic (exact) mass is 318 g/mol. The fourth-order valence-corrected chi connectivity index (χ4v) is 2.99. The molecule has 21 heavy (non-hydrogen) atoms. The molecule has 0 spiro atoms. The molecular weight excluding hydrogens is 300 g/mol. The second-order valence-corrected chi connectivity index (χ2v) is 6.42. The summed E-state index contributed by atoms with van der Waals surface area (Å²) in [5.41, 5.74) is -0.185. The summed E-state index contributed by atoms with van der Waals surface area (Å²) in [6, 6.07) is 4.57. The van der Waals surface area contributed by atoms with Gasteiger partial charge in [-0.3, -0.25) is 10.1 Å². The number of nitrogens with zero attached hydrogens (tertiary/aromatic N) is 1. The Kier molecular flexibility index (Phi) is 6.69. The van der Waals surface area contributed by atoms with Gasteiger partial charge in [-0.05, 0) is 12.1 Å². The fraction of sp³-hybridized carbons (Fsp3) is 0.500. The lowest BCUT2D eigenvalue weighted by molar-refractivity contribution is -0.384. The first-order valence-electron chi connectivity index (χ1n) is 6.21. The maximum atomic E-state index is 12.0. The number of non-ortho nitro benzene ring substituents is 1. The second-order valence-electron chi connectivity index (χ2n) is 4.38. The molecular formula is C12H18N2O6S. The molecule has 0 aromatic heterocycles. The van der Waals surface area contributed by atoms with E-state index in [1.54, 1.807) is 0 Å². The molecule has 1 unspecified atom stereocenters. The van der Waals surface area contributed by atoms with Gasteiger partial charge in [0.25, 0.3) is 5.69 Å². The number of aliphatic hydroxyl groups excluding tert-OH is 1. The van der Waals surface area contributed by atoms with Crippen LogP contribution in [-0.4, -0.2) is 57.1 Å².